The van der Waals surface area contributed by atoms with Crippen molar-refractivity contribution in [2.75, 3.05) is 0 Å². The number of imidazole rings is 1. The lowest BCUT2D eigenvalue weighted by Gasteiger charge is -2.31. The molecule has 4 N–H and O–H groups in total. The molecule has 1 fully saturated rings. The fraction of sp³-hybridized carbons (Fsp3) is 0.486. The van der Waals surface area contributed by atoms with Crippen LogP contribution in [0.1, 0.15) is 69.2 Å². The molecule has 236 valence electrons. The lowest BCUT2D eigenvalue weighted by atomic mass is 9.83. The van der Waals surface area contributed by atoms with Crippen LogP contribution >= 0.6 is 0 Å². The molecule has 1 saturated carbocycles. The number of carbonyl (C=O) groups excluding carboxylic acids is 3. The van der Waals surface area contributed by atoms with Crippen molar-refractivity contribution in [2.45, 2.75) is 95.9 Å². The standard InChI is InChI=1S/C35H46N4O5/c1-24(2)44-35(43)32(40)30(20-27-16-10-5-11-17-27)38-34(42)31(21-29-22-36-23-37-29)39-33(41)28(18-25-12-6-3-7-13-25)19-26-14-8-4-9-15-26/h3-4,6-9,12-15,22-24,27-28,30-32,40H,5,10-11,16-21H2,1-2H3,(H,36,37)(H,38,42)(H,39,41)/t30-,31-,32?/m0/s1. The van der Waals surface area contributed by atoms with Gasteiger partial charge in [-0.2, -0.15) is 0 Å². The Hall–Kier alpha value is -3.98. The number of nitrogens with one attached hydrogen (secondary N) is 3. The van der Waals surface area contributed by atoms with Crippen molar-refractivity contribution >= 4 is 17.8 Å². The summed E-state index contributed by atoms with van der Waals surface area (Å²) in [5, 5.41) is 17.0. The summed E-state index contributed by atoms with van der Waals surface area (Å²) in [6.07, 6.45) is 8.18. The van der Waals surface area contributed by atoms with E-state index in [-0.39, 0.29) is 18.2 Å². The Balaban J connectivity index is 1.54. The molecule has 1 aromatic heterocycles. The molecular formula is C35H46N4O5. The Morgan fingerprint density at radius 1 is 0.886 bits per heavy atom. The van der Waals surface area contributed by atoms with Gasteiger partial charge in [-0.1, -0.05) is 92.8 Å². The van der Waals surface area contributed by atoms with Gasteiger partial charge in [0.2, 0.25) is 11.8 Å². The Kier molecular flexibility index (Phi) is 12.5. The highest BCUT2D eigenvalue weighted by Gasteiger charge is 2.35. The molecule has 9 nitrogen and oxygen atoms in total. The van der Waals surface area contributed by atoms with Crippen molar-refractivity contribution in [3.8, 4) is 0 Å². The number of aromatic nitrogens is 2. The van der Waals surface area contributed by atoms with E-state index in [9.17, 15) is 19.5 Å². The van der Waals surface area contributed by atoms with E-state index in [2.05, 4.69) is 20.6 Å². The van der Waals surface area contributed by atoms with Crippen LogP contribution in [0.4, 0.5) is 0 Å². The average molecular weight is 603 g/mol. The van der Waals surface area contributed by atoms with Gasteiger partial charge in [0.15, 0.2) is 6.10 Å². The minimum absolute atomic E-state index is 0.146. The minimum Gasteiger partial charge on any atom is -0.461 e. The van der Waals surface area contributed by atoms with Gasteiger partial charge in [0.25, 0.3) is 0 Å². The number of H-pyrrole nitrogens is 1. The number of esters is 1. The third kappa shape index (κ3) is 10.3. The number of hydrogen-bond acceptors (Lipinski definition) is 6. The van der Waals surface area contributed by atoms with Gasteiger partial charge in [-0.3, -0.25) is 9.59 Å². The summed E-state index contributed by atoms with van der Waals surface area (Å²) in [5.74, 6) is -1.65. The van der Waals surface area contributed by atoms with Gasteiger partial charge < -0.3 is 25.5 Å². The molecule has 1 heterocycles. The number of aromatic amines is 1. The molecule has 0 radical (unpaired) electrons. The SMILES string of the molecule is CC(C)OC(=O)C(O)[C@H](CC1CCCCC1)NC(=O)[C@H](Cc1c[nH]cn1)NC(=O)C(Cc1ccccc1)Cc1ccccc1. The zero-order valence-corrected chi connectivity index (χ0v) is 25.8. The van der Waals surface area contributed by atoms with Gasteiger partial charge >= 0.3 is 5.97 Å². The second-order valence-electron chi connectivity index (χ2n) is 12.2. The summed E-state index contributed by atoms with van der Waals surface area (Å²) >= 11 is 0. The number of carbonyl (C=O) groups is 3. The number of aliphatic hydroxyl groups excluding tert-OH is 1. The lowest BCUT2D eigenvalue weighted by molar-refractivity contribution is -0.159. The summed E-state index contributed by atoms with van der Waals surface area (Å²) < 4.78 is 5.29. The van der Waals surface area contributed by atoms with Crippen molar-refractivity contribution in [3.63, 3.8) is 0 Å². The van der Waals surface area contributed by atoms with E-state index >= 15 is 0 Å². The van der Waals surface area contributed by atoms with E-state index < -0.39 is 42.1 Å². The topological polar surface area (TPSA) is 133 Å². The van der Waals surface area contributed by atoms with Crippen LogP contribution in [0.15, 0.2) is 73.2 Å². The monoisotopic (exact) mass is 602 g/mol. The van der Waals surface area contributed by atoms with Gasteiger partial charge in [-0.15, -0.1) is 0 Å². The molecule has 0 spiro atoms. The predicted molar refractivity (Wildman–Crippen MR) is 168 cm³/mol. The molecular weight excluding hydrogens is 556 g/mol. The van der Waals surface area contributed by atoms with Crippen molar-refractivity contribution in [1.82, 2.24) is 20.6 Å². The fourth-order valence-corrected chi connectivity index (χ4v) is 5.96. The van der Waals surface area contributed by atoms with Crippen molar-refractivity contribution in [2.24, 2.45) is 11.8 Å². The molecule has 0 bridgehead atoms. The Bertz CT molecular complexity index is 1250. The van der Waals surface area contributed by atoms with E-state index in [0.29, 0.717) is 25.0 Å². The maximum absolute atomic E-state index is 13.9. The fourth-order valence-electron chi connectivity index (χ4n) is 5.96. The number of aliphatic hydroxyl groups is 1. The van der Waals surface area contributed by atoms with Gasteiger partial charge in [-0.25, -0.2) is 9.78 Å². The van der Waals surface area contributed by atoms with Gasteiger partial charge in [0, 0.05) is 18.5 Å². The summed E-state index contributed by atoms with van der Waals surface area (Å²) in [4.78, 5) is 47.8. The second-order valence-corrected chi connectivity index (χ2v) is 12.2. The minimum atomic E-state index is -1.52. The molecule has 3 aromatic rings. The van der Waals surface area contributed by atoms with Crippen LogP contribution in [0.5, 0.6) is 0 Å². The second kappa shape index (κ2) is 16.8. The maximum Gasteiger partial charge on any atom is 0.337 e. The molecule has 3 atom stereocenters. The number of rotatable bonds is 15. The molecule has 1 aliphatic carbocycles. The third-order valence-electron chi connectivity index (χ3n) is 8.24. The highest BCUT2D eigenvalue weighted by molar-refractivity contribution is 5.89. The van der Waals surface area contributed by atoms with Crippen LogP contribution < -0.4 is 10.6 Å². The first kappa shape index (κ1) is 32.9. The van der Waals surface area contributed by atoms with Crippen molar-refractivity contribution < 1.29 is 24.2 Å². The van der Waals surface area contributed by atoms with Crippen LogP contribution in [0, 0.1) is 11.8 Å². The highest BCUT2D eigenvalue weighted by atomic mass is 16.6. The molecule has 44 heavy (non-hydrogen) atoms. The Morgan fingerprint density at radius 3 is 2.05 bits per heavy atom. The normalized spacial score (nSPS) is 15.8. The van der Waals surface area contributed by atoms with Crippen molar-refractivity contribution in [3.05, 3.63) is 90.0 Å². The maximum atomic E-state index is 13.9. The van der Waals surface area contributed by atoms with E-state index in [1.807, 2.05) is 60.7 Å². The number of hydrogen-bond donors (Lipinski definition) is 4. The summed E-state index contributed by atoms with van der Waals surface area (Å²) in [5.41, 5.74) is 2.66. The largest absolute Gasteiger partial charge is 0.461 e. The van der Waals surface area contributed by atoms with Crippen LogP contribution in [0.3, 0.4) is 0 Å². The van der Waals surface area contributed by atoms with E-state index in [4.69, 9.17) is 4.74 Å². The number of ether oxygens (including phenoxy) is 1. The number of nitrogens with zero attached hydrogens (tertiary/aromatic N) is 1. The molecule has 0 saturated heterocycles. The molecule has 4 rings (SSSR count). The summed E-state index contributed by atoms with van der Waals surface area (Å²) in [6, 6.07) is 17.8. The predicted octanol–water partition coefficient (Wildman–Crippen LogP) is 4.31. The van der Waals surface area contributed by atoms with Gasteiger partial charge in [-0.05, 0) is 50.2 Å². The van der Waals surface area contributed by atoms with Crippen LogP contribution in [-0.2, 0) is 38.4 Å². The first-order valence-electron chi connectivity index (χ1n) is 15.8. The molecule has 9 heteroatoms. The zero-order chi connectivity index (χ0) is 31.3. The van der Waals surface area contributed by atoms with Crippen LogP contribution in [0.25, 0.3) is 0 Å². The van der Waals surface area contributed by atoms with E-state index in [1.165, 1.54) is 6.33 Å². The average Bonchev–Trinajstić information content (AvgIpc) is 3.54. The van der Waals surface area contributed by atoms with E-state index in [0.717, 1.165) is 43.2 Å². The van der Waals surface area contributed by atoms with E-state index in [1.54, 1.807) is 20.0 Å². The van der Waals surface area contributed by atoms with Crippen LogP contribution in [0.2, 0.25) is 0 Å². The summed E-state index contributed by atoms with van der Waals surface area (Å²) in [7, 11) is 0. The number of amides is 2. The van der Waals surface area contributed by atoms with Gasteiger partial charge in [0.1, 0.15) is 6.04 Å². The van der Waals surface area contributed by atoms with Crippen LogP contribution in [-0.4, -0.2) is 57.1 Å². The molecule has 2 aromatic carbocycles. The van der Waals surface area contributed by atoms with Gasteiger partial charge in [0.05, 0.1) is 24.2 Å². The molecule has 2 amide bonds. The summed E-state index contributed by atoms with van der Waals surface area (Å²) in [6.45, 7) is 3.44. The third-order valence-corrected chi connectivity index (χ3v) is 8.24. The quantitative estimate of drug-likeness (QED) is 0.192. The lowest BCUT2D eigenvalue weighted by Crippen LogP contribution is -2.56. The zero-order valence-electron chi connectivity index (χ0n) is 25.8. The molecule has 1 aliphatic rings. The molecule has 0 aliphatic heterocycles. The Labute approximate surface area is 260 Å². The Morgan fingerprint density at radius 2 is 1.50 bits per heavy atom. The smallest absolute Gasteiger partial charge is 0.337 e. The highest BCUT2D eigenvalue weighted by Crippen LogP contribution is 2.28. The number of benzene rings is 2. The van der Waals surface area contributed by atoms with Crippen molar-refractivity contribution in [1.29, 1.82) is 0 Å². The first-order chi connectivity index (χ1) is 21.3. The first-order valence-corrected chi connectivity index (χ1v) is 15.8. The molecule has 1 unspecified atom stereocenters.